The van der Waals surface area contributed by atoms with Crippen LogP contribution in [0.1, 0.15) is 80.7 Å². The van der Waals surface area contributed by atoms with Crippen molar-refractivity contribution >= 4 is 70.7 Å². The van der Waals surface area contributed by atoms with Gasteiger partial charge in [0, 0.05) is 12.0 Å². The monoisotopic (exact) mass is 616 g/mol. The molecule has 2 N–H and O–H groups in total. The molecule has 0 saturated carbocycles. The van der Waals surface area contributed by atoms with Gasteiger partial charge in [-0.1, -0.05) is 60.1 Å². The second kappa shape index (κ2) is 12.0. The van der Waals surface area contributed by atoms with Crippen molar-refractivity contribution < 1.29 is 29.3 Å². The minimum absolute atomic E-state index is 0. The number of esters is 1. The predicted octanol–water partition coefficient (Wildman–Crippen LogP) is 2.45. The number of rotatable bonds is 6. The molecule has 1 aliphatic carbocycles. The third-order valence-electron chi connectivity index (χ3n) is 9.22. The summed E-state index contributed by atoms with van der Waals surface area (Å²) in [5, 5.41) is 26.0. The quantitative estimate of drug-likeness (QED) is 0.241. The van der Waals surface area contributed by atoms with E-state index in [9.17, 15) is 24.6 Å². The van der Waals surface area contributed by atoms with Gasteiger partial charge in [-0.25, -0.2) is 0 Å². The van der Waals surface area contributed by atoms with Crippen molar-refractivity contribution in [2.75, 3.05) is 7.11 Å². The van der Waals surface area contributed by atoms with Gasteiger partial charge in [0.25, 0.3) is 0 Å². The number of hydrogen-bond donors (Lipinski definition) is 2. The summed E-state index contributed by atoms with van der Waals surface area (Å²) in [4.78, 5) is 53.4. The van der Waals surface area contributed by atoms with E-state index in [1.807, 2.05) is 32.9 Å². The van der Waals surface area contributed by atoms with Crippen LogP contribution in [0.4, 0.5) is 0 Å². The van der Waals surface area contributed by atoms with Crippen molar-refractivity contribution in [2.45, 2.75) is 47.1 Å². The molecule has 3 atom stereocenters. The number of carboxylic acid groups (broad SMARTS) is 1. The maximum Gasteiger partial charge on any atom is 2.00 e. The van der Waals surface area contributed by atoms with Crippen molar-refractivity contribution in [1.82, 2.24) is 15.0 Å². The van der Waals surface area contributed by atoms with Gasteiger partial charge in [0.2, 0.25) is 0 Å². The molecular weight excluding hydrogens is 585 g/mol. The van der Waals surface area contributed by atoms with Gasteiger partial charge < -0.3 is 35.2 Å². The number of aliphatic hydroxyl groups is 1. The minimum Gasteiger partial charge on any atom is -0.664 e. The van der Waals surface area contributed by atoms with E-state index in [2.05, 4.69) is 6.58 Å². The number of allylic oxidation sites excluding steroid dienone is 2. The van der Waals surface area contributed by atoms with Gasteiger partial charge in [-0.2, -0.15) is 11.4 Å². The molecule has 6 rings (SSSR count). The fourth-order valence-corrected chi connectivity index (χ4v) is 6.68. The number of hydrogen-bond acceptors (Lipinski definition) is 5. The van der Waals surface area contributed by atoms with Crippen molar-refractivity contribution in [3.63, 3.8) is 0 Å². The normalized spacial score (nSPS) is 24.0. The van der Waals surface area contributed by atoms with Gasteiger partial charge >= 0.3 is 35.0 Å². The Morgan fingerprint density at radius 3 is 2.33 bits per heavy atom. The molecule has 0 amide bonds. The molecule has 5 heterocycles. The molecule has 0 spiro atoms. The van der Waals surface area contributed by atoms with Crippen LogP contribution in [-0.2, 0) is 20.9 Å². The summed E-state index contributed by atoms with van der Waals surface area (Å²) in [6.45, 7) is 11.3. The number of Topliss-reactive ketones (excluding diaryl/α,β-unsaturated/α-hetero) is 1. The number of ether oxygens (including phenoxy) is 1. The molecular formula is C34H32MgN4O6-2. The van der Waals surface area contributed by atoms with E-state index >= 15 is 0 Å². The molecule has 3 aromatic heterocycles. The number of ketones is 1. The molecule has 10 nitrogen and oxygen atoms in total. The molecule has 2 aliphatic heterocycles. The van der Waals surface area contributed by atoms with Crippen LogP contribution < -0.4 is 25.7 Å². The maximum absolute atomic E-state index is 13.9. The van der Waals surface area contributed by atoms with Crippen LogP contribution in [-0.4, -0.2) is 58.1 Å². The number of aliphatic hydroxyl groups excluding tert-OH is 1. The third kappa shape index (κ3) is 5.03. The smallest absolute Gasteiger partial charge is 0.664 e. The third-order valence-corrected chi connectivity index (χ3v) is 9.22. The maximum atomic E-state index is 13.9. The Balaban J connectivity index is 0.00000400. The van der Waals surface area contributed by atoms with E-state index in [4.69, 9.17) is 25.0 Å². The van der Waals surface area contributed by atoms with Crippen LogP contribution in [0.25, 0.3) is 35.2 Å². The second-order valence-corrected chi connectivity index (χ2v) is 11.5. The van der Waals surface area contributed by atoms with Crippen LogP contribution in [0.3, 0.4) is 0 Å². The zero-order valence-electron chi connectivity index (χ0n) is 25.9. The summed E-state index contributed by atoms with van der Waals surface area (Å²) in [5.74, 6) is -4.03. The van der Waals surface area contributed by atoms with Crippen LogP contribution in [0.15, 0.2) is 18.0 Å². The standard InChI is InChI=1S/C34H34N4O6.Mg/c1-7-18-14(2)21-10-23-15(3)19(8-9-27(40)41)31(37-23)29-30(34(43)44-6)33(42)28-17(5)24(38-32(28)29)12-26-20(13-39)16(4)22(36-26)11-25(18)35-21;/h7,10-12,15,19,30,39H,1,8-9,13H2,2-6H3,(H3,37,38,40,41,42);/q-2;+2/p-2/b22-11-,23-10-,26-12-;/t15-,19-,30+;/m0./s1. The number of aromatic nitrogens is 3. The topological polar surface area (TPSA) is 157 Å². The summed E-state index contributed by atoms with van der Waals surface area (Å²) >= 11 is 0. The van der Waals surface area contributed by atoms with E-state index in [1.165, 1.54) is 7.11 Å². The molecule has 1 saturated heterocycles. The number of nitrogens with zero attached hydrogens (tertiary/aromatic N) is 4. The van der Waals surface area contributed by atoms with E-state index < -0.39 is 29.6 Å². The molecule has 3 aliphatic rings. The van der Waals surface area contributed by atoms with Gasteiger partial charge in [0.15, 0.2) is 5.78 Å². The van der Waals surface area contributed by atoms with Gasteiger partial charge in [-0.3, -0.25) is 14.4 Å². The predicted molar refractivity (Wildman–Crippen MR) is 169 cm³/mol. The molecule has 3 aromatic rings. The molecule has 0 aromatic carbocycles. The molecule has 1 fully saturated rings. The fraction of sp³-hybridized carbons (Fsp3) is 0.324. The Labute approximate surface area is 276 Å². The summed E-state index contributed by atoms with van der Waals surface area (Å²) in [6.07, 6.45) is 7.35. The van der Waals surface area contributed by atoms with Gasteiger partial charge in [0.1, 0.15) is 5.92 Å². The average Bonchev–Trinajstić information content (AvgIpc) is 3.72. The van der Waals surface area contributed by atoms with Crippen molar-refractivity contribution in [1.29, 1.82) is 0 Å². The van der Waals surface area contributed by atoms with Crippen LogP contribution >= 0.6 is 0 Å². The largest absolute Gasteiger partial charge is 2.00 e. The molecule has 11 heteroatoms. The van der Waals surface area contributed by atoms with E-state index in [-0.39, 0.29) is 48.4 Å². The Kier molecular flexibility index (Phi) is 8.65. The first-order chi connectivity index (χ1) is 21.0. The SMILES string of the molecule is C=Cc1c2[n-]c(c1C)/C=C1\[N-]/C(=C3\c4[n-]c(c(C)c4C(=O)[C@@H]3C(=O)OC)/C=c3\[n-]/c(c(C)c3CO)=C\2)[C@@H](CCC(=O)O)[C@@H]1C.[Mg+2]. The molecule has 228 valence electrons. The number of fused-ring (bicyclic) bond motifs is 7. The second-order valence-electron chi connectivity index (χ2n) is 11.5. The number of carbonyl (C=O) groups is 3. The first-order valence-electron chi connectivity index (χ1n) is 14.5. The fourth-order valence-electron chi connectivity index (χ4n) is 6.68. The Hall–Kier alpha value is -4.06. The molecule has 0 unspecified atom stereocenters. The van der Waals surface area contributed by atoms with Crippen LogP contribution in [0.2, 0.25) is 0 Å². The summed E-state index contributed by atoms with van der Waals surface area (Å²) in [7, 11) is 1.23. The van der Waals surface area contributed by atoms with Crippen molar-refractivity contribution in [2.24, 2.45) is 17.8 Å². The van der Waals surface area contributed by atoms with E-state index in [0.717, 1.165) is 16.7 Å². The van der Waals surface area contributed by atoms with Gasteiger partial charge in [0.05, 0.1) is 13.7 Å². The minimum atomic E-state index is -1.27. The van der Waals surface area contributed by atoms with E-state index in [0.29, 0.717) is 67.1 Å². The van der Waals surface area contributed by atoms with Crippen molar-refractivity contribution in [3.05, 3.63) is 90.1 Å². The Bertz CT molecular complexity index is 1970. The number of carbonyl (C=O) groups excluding carboxylic acids is 2. The summed E-state index contributed by atoms with van der Waals surface area (Å²) < 4.78 is 5.09. The Morgan fingerprint density at radius 2 is 1.69 bits per heavy atom. The summed E-state index contributed by atoms with van der Waals surface area (Å²) in [6, 6.07) is 0. The summed E-state index contributed by atoms with van der Waals surface area (Å²) in [5.41, 5.74) is 7.65. The van der Waals surface area contributed by atoms with E-state index in [1.54, 1.807) is 19.1 Å². The van der Waals surface area contributed by atoms with Crippen LogP contribution in [0.5, 0.6) is 0 Å². The molecule has 45 heavy (non-hydrogen) atoms. The average molecular weight is 617 g/mol. The zero-order valence-corrected chi connectivity index (χ0v) is 27.3. The van der Waals surface area contributed by atoms with Gasteiger partial charge in [-0.05, 0) is 50.2 Å². The van der Waals surface area contributed by atoms with Gasteiger partial charge in [-0.15, -0.1) is 33.5 Å². The molecule has 8 bridgehead atoms. The molecule has 0 radical (unpaired) electrons. The van der Waals surface area contributed by atoms with Crippen LogP contribution in [0, 0.1) is 38.5 Å². The Morgan fingerprint density at radius 1 is 1.00 bits per heavy atom. The first kappa shape index (κ1) is 32.3. The zero-order chi connectivity index (χ0) is 31.6. The number of carboxylic acids is 1. The number of methoxy groups -OCH3 is 1. The van der Waals surface area contributed by atoms with Crippen molar-refractivity contribution in [3.8, 4) is 0 Å². The number of aliphatic carboxylic acids is 1. The first-order valence-corrected chi connectivity index (χ1v) is 14.5.